The standard InChI is InChI=1S/C22H31N3O3S/c1-5-19-12-14-21(15-13-19)25(29(4,27)28)18(2)22(26)23-16-9-17-24(3)20-10-7-6-8-11-20/h6-8,10-15,18H,5,9,16-17H2,1-4H3,(H,23,26)/t18-/m1/s1. The van der Waals surface area contributed by atoms with E-state index in [0.29, 0.717) is 12.2 Å². The minimum atomic E-state index is -3.60. The number of sulfonamides is 1. The number of rotatable bonds is 10. The van der Waals surface area contributed by atoms with Crippen molar-refractivity contribution >= 4 is 27.3 Å². The third kappa shape index (κ3) is 6.49. The molecule has 2 aromatic carbocycles. The molecule has 0 heterocycles. The molecule has 0 fully saturated rings. The molecule has 0 saturated carbocycles. The Morgan fingerprint density at radius 2 is 1.66 bits per heavy atom. The molecule has 1 N–H and O–H groups in total. The van der Waals surface area contributed by atoms with Gasteiger partial charge in [-0.25, -0.2) is 8.42 Å². The zero-order valence-electron chi connectivity index (χ0n) is 17.6. The van der Waals surface area contributed by atoms with Crippen LogP contribution in [0, 0.1) is 0 Å². The lowest BCUT2D eigenvalue weighted by atomic mass is 10.1. The van der Waals surface area contributed by atoms with E-state index in [9.17, 15) is 13.2 Å². The number of benzene rings is 2. The number of nitrogens with one attached hydrogen (secondary N) is 1. The molecule has 0 unspecified atom stereocenters. The Hall–Kier alpha value is -2.54. The molecule has 0 bridgehead atoms. The molecule has 158 valence electrons. The lowest BCUT2D eigenvalue weighted by Gasteiger charge is -2.28. The second-order valence-corrected chi connectivity index (χ2v) is 9.02. The molecule has 1 atom stereocenters. The van der Waals surface area contributed by atoms with Crippen LogP contribution < -0.4 is 14.5 Å². The molecule has 0 aliphatic carbocycles. The number of para-hydroxylation sites is 1. The van der Waals surface area contributed by atoms with Gasteiger partial charge in [0.15, 0.2) is 0 Å². The zero-order valence-corrected chi connectivity index (χ0v) is 18.4. The van der Waals surface area contributed by atoms with Crippen LogP contribution >= 0.6 is 0 Å². The van der Waals surface area contributed by atoms with Crippen molar-refractivity contribution in [3.05, 3.63) is 60.2 Å². The molecule has 6 nitrogen and oxygen atoms in total. The fraction of sp³-hybridized carbons (Fsp3) is 0.409. The summed E-state index contributed by atoms with van der Waals surface area (Å²) in [6, 6.07) is 16.5. The van der Waals surface area contributed by atoms with Gasteiger partial charge in [0.1, 0.15) is 6.04 Å². The van der Waals surface area contributed by atoms with Crippen LogP contribution in [-0.2, 0) is 21.2 Å². The van der Waals surface area contributed by atoms with Crippen molar-refractivity contribution in [2.75, 3.05) is 35.6 Å². The van der Waals surface area contributed by atoms with E-state index in [4.69, 9.17) is 0 Å². The van der Waals surface area contributed by atoms with E-state index in [2.05, 4.69) is 10.2 Å². The predicted octanol–water partition coefficient (Wildman–Crippen LogP) is 3.05. The van der Waals surface area contributed by atoms with Crippen molar-refractivity contribution in [1.29, 1.82) is 0 Å². The molecule has 1 amide bonds. The molecule has 0 aliphatic rings. The Labute approximate surface area is 174 Å². The van der Waals surface area contributed by atoms with E-state index >= 15 is 0 Å². The normalized spacial score (nSPS) is 12.3. The summed E-state index contributed by atoms with van der Waals surface area (Å²) < 4.78 is 25.9. The maximum atomic E-state index is 12.6. The predicted molar refractivity (Wildman–Crippen MR) is 120 cm³/mol. The van der Waals surface area contributed by atoms with Crippen LogP contribution in [0.2, 0.25) is 0 Å². The van der Waals surface area contributed by atoms with E-state index < -0.39 is 16.1 Å². The summed E-state index contributed by atoms with van der Waals surface area (Å²) in [5, 5.41) is 2.86. The topological polar surface area (TPSA) is 69.7 Å². The molecule has 0 aliphatic heterocycles. The molecular weight excluding hydrogens is 386 g/mol. The number of carbonyl (C=O) groups is 1. The van der Waals surface area contributed by atoms with E-state index in [0.717, 1.165) is 36.9 Å². The van der Waals surface area contributed by atoms with Gasteiger partial charge in [-0.1, -0.05) is 37.3 Å². The molecule has 0 radical (unpaired) electrons. The van der Waals surface area contributed by atoms with Gasteiger partial charge in [-0.2, -0.15) is 0 Å². The van der Waals surface area contributed by atoms with E-state index in [1.54, 1.807) is 19.1 Å². The smallest absolute Gasteiger partial charge is 0.243 e. The lowest BCUT2D eigenvalue weighted by Crippen LogP contribution is -2.48. The Balaban J connectivity index is 1.94. The van der Waals surface area contributed by atoms with Gasteiger partial charge in [-0.3, -0.25) is 9.10 Å². The number of hydrogen-bond donors (Lipinski definition) is 1. The third-order valence-electron chi connectivity index (χ3n) is 4.85. The number of anilines is 2. The van der Waals surface area contributed by atoms with Crippen molar-refractivity contribution in [2.45, 2.75) is 32.7 Å². The van der Waals surface area contributed by atoms with Crippen molar-refractivity contribution in [2.24, 2.45) is 0 Å². The van der Waals surface area contributed by atoms with Crippen LogP contribution in [0.5, 0.6) is 0 Å². The average molecular weight is 418 g/mol. The number of nitrogens with zero attached hydrogens (tertiary/aromatic N) is 2. The molecule has 29 heavy (non-hydrogen) atoms. The first-order valence-corrected chi connectivity index (χ1v) is 11.7. The van der Waals surface area contributed by atoms with Gasteiger partial charge in [-0.05, 0) is 49.6 Å². The highest BCUT2D eigenvalue weighted by atomic mass is 32.2. The Kier molecular flexibility index (Phi) is 8.08. The highest BCUT2D eigenvalue weighted by molar-refractivity contribution is 7.92. The Morgan fingerprint density at radius 3 is 2.21 bits per heavy atom. The maximum absolute atomic E-state index is 12.6. The van der Waals surface area contributed by atoms with Crippen molar-refractivity contribution in [1.82, 2.24) is 5.32 Å². The number of aryl methyl sites for hydroxylation is 1. The zero-order chi connectivity index (χ0) is 21.4. The SMILES string of the molecule is CCc1ccc(N([C@H](C)C(=O)NCCCN(C)c2ccccc2)S(C)(=O)=O)cc1. The average Bonchev–Trinajstić information content (AvgIpc) is 2.71. The summed E-state index contributed by atoms with van der Waals surface area (Å²) in [6.45, 7) is 4.91. The van der Waals surface area contributed by atoms with E-state index in [1.807, 2.05) is 56.4 Å². The van der Waals surface area contributed by atoms with Crippen molar-refractivity contribution in [3.8, 4) is 0 Å². The molecule has 2 rings (SSSR count). The highest BCUT2D eigenvalue weighted by Crippen LogP contribution is 2.21. The first-order valence-electron chi connectivity index (χ1n) is 9.86. The maximum Gasteiger partial charge on any atom is 0.243 e. The quantitative estimate of drug-likeness (QED) is 0.603. The summed E-state index contributed by atoms with van der Waals surface area (Å²) in [6.07, 6.45) is 2.75. The van der Waals surface area contributed by atoms with Crippen LogP contribution in [-0.4, -0.2) is 46.8 Å². The van der Waals surface area contributed by atoms with Crippen LogP contribution in [0.3, 0.4) is 0 Å². The van der Waals surface area contributed by atoms with Crippen molar-refractivity contribution < 1.29 is 13.2 Å². The molecule has 0 spiro atoms. The van der Waals surface area contributed by atoms with Crippen LogP contribution in [0.15, 0.2) is 54.6 Å². The van der Waals surface area contributed by atoms with Gasteiger partial charge in [0.05, 0.1) is 11.9 Å². The van der Waals surface area contributed by atoms with Crippen LogP contribution in [0.1, 0.15) is 25.8 Å². The summed E-state index contributed by atoms with van der Waals surface area (Å²) in [5.41, 5.74) is 2.73. The van der Waals surface area contributed by atoms with Gasteiger partial charge in [0, 0.05) is 25.8 Å². The molecule has 2 aromatic rings. The van der Waals surface area contributed by atoms with E-state index in [-0.39, 0.29) is 5.91 Å². The first kappa shape index (κ1) is 22.7. The lowest BCUT2D eigenvalue weighted by molar-refractivity contribution is -0.121. The first-order chi connectivity index (χ1) is 13.7. The van der Waals surface area contributed by atoms with Crippen LogP contribution in [0.4, 0.5) is 11.4 Å². The highest BCUT2D eigenvalue weighted by Gasteiger charge is 2.28. The fourth-order valence-corrected chi connectivity index (χ4v) is 4.35. The number of carbonyl (C=O) groups excluding carboxylic acids is 1. The van der Waals surface area contributed by atoms with Gasteiger partial charge in [0.25, 0.3) is 0 Å². The third-order valence-corrected chi connectivity index (χ3v) is 6.10. The largest absolute Gasteiger partial charge is 0.375 e. The van der Waals surface area contributed by atoms with Crippen molar-refractivity contribution in [3.63, 3.8) is 0 Å². The molecule has 7 heteroatoms. The summed E-state index contributed by atoms with van der Waals surface area (Å²) >= 11 is 0. The van der Waals surface area contributed by atoms with Gasteiger partial charge >= 0.3 is 0 Å². The van der Waals surface area contributed by atoms with Crippen LogP contribution in [0.25, 0.3) is 0 Å². The Morgan fingerprint density at radius 1 is 1.03 bits per heavy atom. The summed E-state index contributed by atoms with van der Waals surface area (Å²) in [4.78, 5) is 14.7. The molecule has 0 saturated heterocycles. The second kappa shape index (κ2) is 10.3. The monoisotopic (exact) mass is 417 g/mol. The fourth-order valence-electron chi connectivity index (χ4n) is 3.17. The van der Waals surface area contributed by atoms with Gasteiger partial charge < -0.3 is 10.2 Å². The van der Waals surface area contributed by atoms with Gasteiger partial charge in [0.2, 0.25) is 15.9 Å². The number of hydrogen-bond acceptors (Lipinski definition) is 4. The number of amides is 1. The summed E-state index contributed by atoms with van der Waals surface area (Å²) in [7, 11) is -1.59. The minimum absolute atomic E-state index is 0.308. The summed E-state index contributed by atoms with van der Waals surface area (Å²) in [5.74, 6) is -0.308. The van der Waals surface area contributed by atoms with Gasteiger partial charge in [-0.15, -0.1) is 0 Å². The molecule has 0 aromatic heterocycles. The second-order valence-electron chi connectivity index (χ2n) is 7.16. The minimum Gasteiger partial charge on any atom is -0.375 e. The molecular formula is C22H31N3O3S. The Bertz CT molecular complexity index is 883. The van der Waals surface area contributed by atoms with E-state index in [1.165, 1.54) is 4.31 Å².